The van der Waals surface area contributed by atoms with Gasteiger partial charge in [0.1, 0.15) is 0 Å². The summed E-state index contributed by atoms with van der Waals surface area (Å²) in [5.41, 5.74) is 2.13. The summed E-state index contributed by atoms with van der Waals surface area (Å²) in [6.07, 6.45) is 0.551. The summed E-state index contributed by atoms with van der Waals surface area (Å²) in [6.45, 7) is 0. The Kier molecular flexibility index (Phi) is 6.16. The number of amides is 1. The Bertz CT molecular complexity index is 896. The van der Waals surface area contributed by atoms with Gasteiger partial charge >= 0.3 is 5.97 Å². The molecule has 0 aliphatic rings. The van der Waals surface area contributed by atoms with Crippen LogP contribution >= 0.6 is 11.8 Å². The van der Waals surface area contributed by atoms with Gasteiger partial charge in [0.2, 0.25) is 0 Å². The Morgan fingerprint density at radius 1 is 1.07 bits per heavy atom. The predicted octanol–water partition coefficient (Wildman–Crippen LogP) is 2.76. The average Bonchev–Trinajstić information content (AvgIpc) is 3.20. The smallest absolute Gasteiger partial charge is 0.303 e. The number of nitrogens with one attached hydrogen (secondary N) is 2. The Hall–Kier alpha value is -3.20. The molecule has 0 radical (unpaired) electrons. The van der Waals surface area contributed by atoms with Gasteiger partial charge < -0.3 is 10.4 Å². The normalized spacial score (nSPS) is 10.5. The van der Waals surface area contributed by atoms with E-state index in [9.17, 15) is 9.59 Å². The third kappa shape index (κ3) is 5.65. The van der Waals surface area contributed by atoms with Gasteiger partial charge in [-0.1, -0.05) is 17.3 Å². The minimum Gasteiger partial charge on any atom is -0.481 e. The zero-order valence-electron chi connectivity index (χ0n) is 14.3. The lowest BCUT2D eigenvalue weighted by atomic mass is 10.1. The zero-order chi connectivity index (χ0) is 19.1. The standard InChI is InChI=1S/C18H17N5O3S/c24-17(25)10-3-12-1-6-14(7-2-12)19-18(26)13-4-8-15(9-5-13)27-11-16-20-22-23-21-16/h1-2,4-9H,3,10-11H2,(H,19,26)(H,24,25)(H,20,21,22,23). The van der Waals surface area contributed by atoms with Crippen LogP contribution in [0.25, 0.3) is 0 Å². The highest BCUT2D eigenvalue weighted by molar-refractivity contribution is 7.98. The van der Waals surface area contributed by atoms with Crippen LogP contribution in [0.3, 0.4) is 0 Å². The number of carboxylic acids is 1. The van der Waals surface area contributed by atoms with E-state index in [0.29, 0.717) is 29.2 Å². The number of aliphatic carboxylic acids is 1. The van der Waals surface area contributed by atoms with Crippen LogP contribution in [0.2, 0.25) is 0 Å². The van der Waals surface area contributed by atoms with Crippen molar-refractivity contribution in [2.45, 2.75) is 23.5 Å². The molecule has 3 aromatic rings. The van der Waals surface area contributed by atoms with E-state index in [1.54, 1.807) is 36.0 Å². The van der Waals surface area contributed by atoms with Crippen LogP contribution in [-0.4, -0.2) is 37.6 Å². The number of aryl methyl sites for hydroxylation is 1. The SMILES string of the molecule is O=C(O)CCc1ccc(NC(=O)c2ccc(SCc3nn[nH]n3)cc2)cc1. The number of tetrazole rings is 1. The molecule has 3 rings (SSSR count). The molecule has 9 heteroatoms. The molecule has 0 bridgehead atoms. The molecular formula is C18H17N5O3S. The second-order valence-electron chi connectivity index (χ2n) is 5.69. The molecule has 0 saturated carbocycles. The highest BCUT2D eigenvalue weighted by Crippen LogP contribution is 2.21. The van der Waals surface area contributed by atoms with E-state index >= 15 is 0 Å². The van der Waals surface area contributed by atoms with Gasteiger partial charge in [0.15, 0.2) is 5.82 Å². The number of benzene rings is 2. The Balaban J connectivity index is 1.53. The Morgan fingerprint density at radius 2 is 1.81 bits per heavy atom. The van der Waals surface area contributed by atoms with Gasteiger partial charge in [-0.15, -0.1) is 22.0 Å². The molecular weight excluding hydrogens is 366 g/mol. The van der Waals surface area contributed by atoms with Crippen LogP contribution in [-0.2, 0) is 17.0 Å². The molecule has 3 N–H and O–H groups in total. The van der Waals surface area contributed by atoms with Gasteiger partial charge in [-0.05, 0) is 48.4 Å². The molecule has 0 atom stereocenters. The van der Waals surface area contributed by atoms with Gasteiger partial charge in [0.05, 0.1) is 5.75 Å². The van der Waals surface area contributed by atoms with Gasteiger partial charge in [0.25, 0.3) is 5.91 Å². The second kappa shape index (κ2) is 8.95. The van der Waals surface area contributed by atoms with Crippen LogP contribution in [0, 0.1) is 0 Å². The number of H-pyrrole nitrogens is 1. The molecule has 138 valence electrons. The Morgan fingerprint density at radius 3 is 2.44 bits per heavy atom. The minimum atomic E-state index is -0.828. The number of anilines is 1. The van der Waals surface area contributed by atoms with E-state index in [2.05, 4.69) is 25.9 Å². The van der Waals surface area contributed by atoms with Gasteiger partial charge in [0, 0.05) is 22.6 Å². The number of thioether (sulfide) groups is 1. The van der Waals surface area contributed by atoms with Crippen molar-refractivity contribution in [3.8, 4) is 0 Å². The fourth-order valence-corrected chi connectivity index (χ4v) is 3.05. The van der Waals surface area contributed by atoms with Gasteiger partial charge in [-0.2, -0.15) is 5.21 Å². The topological polar surface area (TPSA) is 121 Å². The molecule has 0 unspecified atom stereocenters. The summed E-state index contributed by atoms with van der Waals surface area (Å²) in [7, 11) is 0. The third-order valence-corrected chi connectivity index (χ3v) is 4.72. The molecule has 0 saturated heterocycles. The van der Waals surface area contributed by atoms with E-state index in [1.807, 2.05) is 24.3 Å². The van der Waals surface area contributed by atoms with Gasteiger partial charge in [-0.3, -0.25) is 9.59 Å². The van der Waals surface area contributed by atoms with Crippen molar-refractivity contribution in [1.82, 2.24) is 20.6 Å². The monoisotopic (exact) mass is 383 g/mol. The maximum absolute atomic E-state index is 12.3. The molecule has 1 amide bonds. The quantitative estimate of drug-likeness (QED) is 0.511. The highest BCUT2D eigenvalue weighted by atomic mass is 32.2. The van der Waals surface area contributed by atoms with Gasteiger partial charge in [-0.25, -0.2) is 0 Å². The van der Waals surface area contributed by atoms with E-state index in [-0.39, 0.29) is 12.3 Å². The van der Waals surface area contributed by atoms with Crippen molar-refractivity contribution in [2.24, 2.45) is 0 Å². The van der Waals surface area contributed by atoms with Crippen LogP contribution in [0.15, 0.2) is 53.4 Å². The Labute approximate surface area is 159 Å². The van der Waals surface area contributed by atoms with Crippen molar-refractivity contribution in [3.05, 3.63) is 65.5 Å². The number of hydrogen-bond donors (Lipinski definition) is 3. The maximum Gasteiger partial charge on any atom is 0.303 e. The maximum atomic E-state index is 12.3. The fourth-order valence-electron chi connectivity index (χ4n) is 2.30. The third-order valence-electron chi connectivity index (χ3n) is 3.71. The first-order chi connectivity index (χ1) is 13.1. The van der Waals surface area contributed by atoms with Crippen molar-refractivity contribution in [3.63, 3.8) is 0 Å². The first-order valence-corrected chi connectivity index (χ1v) is 9.16. The number of carbonyl (C=O) groups is 2. The summed E-state index contributed by atoms with van der Waals surface area (Å²) in [6, 6.07) is 14.4. The summed E-state index contributed by atoms with van der Waals surface area (Å²) in [5.74, 6) is 0.180. The molecule has 0 aliphatic heterocycles. The lowest BCUT2D eigenvalue weighted by Crippen LogP contribution is -2.11. The van der Waals surface area contributed by atoms with Crippen LogP contribution < -0.4 is 5.32 Å². The summed E-state index contributed by atoms with van der Waals surface area (Å²) in [4.78, 5) is 23.9. The van der Waals surface area contributed by atoms with E-state index in [0.717, 1.165) is 10.5 Å². The van der Waals surface area contributed by atoms with E-state index < -0.39 is 5.97 Å². The minimum absolute atomic E-state index is 0.0861. The predicted molar refractivity (Wildman–Crippen MR) is 101 cm³/mol. The lowest BCUT2D eigenvalue weighted by Gasteiger charge is -2.07. The molecule has 0 aliphatic carbocycles. The van der Waals surface area contributed by atoms with Crippen molar-refractivity contribution in [1.29, 1.82) is 0 Å². The summed E-state index contributed by atoms with van der Waals surface area (Å²) in [5, 5.41) is 25.2. The van der Waals surface area contributed by atoms with Crippen molar-refractivity contribution in [2.75, 3.05) is 5.32 Å². The summed E-state index contributed by atoms with van der Waals surface area (Å²) < 4.78 is 0. The first-order valence-electron chi connectivity index (χ1n) is 8.17. The van der Waals surface area contributed by atoms with Crippen molar-refractivity contribution >= 4 is 29.3 Å². The molecule has 1 heterocycles. The number of nitrogens with zero attached hydrogens (tertiary/aromatic N) is 3. The molecule has 0 spiro atoms. The van der Waals surface area contributed by atoms with E-state index in [1.165, 1.54) is 0 Å². The number of carboxylic acid groups (broad SMARTS) is 1. The second-order valence-corrected chi connectivity index (χ2v) is 6.73. The molecule has 8 nitrogen and oxygen atoms in total. The van der Waals surface area contributed by atoms with E-state index in [4.69, 9.17) is 5.11 Å². The molecule has 0 fully saturated rings. The number of aromatic amines is 1. The van der Waals surface area contributed by atoms with Crippen LogP contribution in [0.1, 0.15) is 28.2 Å². The summed E-state index contributed by atoms with van der Waals surface area (Å²) >= 11 is 1.55. The number of hydrogen-bond acceptors (Lipinski definition) is 6. The molecule has 27 heavy (non-hydrogen) atoms. The molecule has 1 aromatic heterocycles. The highest BCUT2D eigenvalue weighted by Gasteiger charge is 2.07. The first kappa shape index (κ1) is 18.6. The zero-order valence-corrected chi connectivity index (χ0v) is 15.1. The number of rotatable bonds is 8. The largest absolute Gasteiger partial charge is 0.481 e. The van der Waals surface area contributed by atoms with Crippen LogP contribution in [0.4, 0.5) is 5.69 Å². The van der Waals surface area contributed by atoms with Crippen LogP contribution in [0.5, 0.6) is 0 Å². The average molecular weight is 383 g/mol. The van der Waals surface area contributed by atoms with Crippen molar-refractivity contribution < 1.29 is 14.7 Å². The fraction of sp³-hybridized carbons (Fsp3) is 0.167. The number of carbonyl (C=O) groups excluding carboxylic acids is 1. The lowest BCUT2D eigenvalue weighted by molar-refractivity contribution is -0.136. The number of aromatic nitrogens is 4. The molecule has 2 aromatic carbocycles.